The summed E-state index contributed by atoms with van der Waals surface area (Å²) in [6, 6.07) is 0. The number of aliphatic hydroxyl groups excluding tert-OH is 1. The minimum absolute atomic E-state index is 0.353. The van der Waals surface area contributed by atoms with Crippen LogP contribution >= 0.6 is 0 Å². The Balaban J connectivity index is 2.75. The molecule has 1 heteroatoms. The maximum absolute atomic E-state index is 10.0. The van der Waals surface area contributed by atoms with E-state index < -0.39 is 0 Å². The number of aliphatic hydroxyl groups is 1. The van der Waals surface area contributed by atoms with E-state index in [1.807, 2.05) is 0 Å². The van der Waals surface area contributed by atoms with E-state index in [4.69, 9.17) is 0 Å². The topological polar surface area (TPSA) is 20.2 Å². The second kappa shape index (κ2) is 6.05. The van der Waals surface area contributed by atoms with Crippen molar-refractivity contribution in [3.05, 3.63) is 36.0 Å². The molecular formula is C15H24O. The summed E-state index contributed by atoms with van der Waals surface area (Å²) in [5.74, 6) is 0.424. The maximum Gasteiger partial charge on any atom is 0.0753 e. The smallest absolute Gasteiger partial charge is 0.0753 e. The second-order valence-corrected chi connectivity index (χ2v) is 5.08. The van der Waals surface area contributed by atoms with Crippen molar-refractivity contribution in [2.45, 2.75) is 52.1 Å². The summed E-state index contributed by atoms with van der Waals surface area (Å²) in [5, 5.41) is 10.0. The Hall–Kier alpha value is -0.820. The van der Waals surface area contributed by atoms with Crippen LogP contribution in [0.1, 0.15) is 46.0 Å². The fourth-order valence-electron chi connectivity index (χ4n) is 2.18. The van der Waals surface area contributed by atoms with Crippen LogP contribution in [0.4, 0.5) is 0 Å². The first-order valence-corrected chi connectivity index (χ1v) is 6.17. The molecule has 16 heavy (non-hydrogen) atoms. The van der Waals surface area contributed by atoms with Gasteiger partial charge in [-0.1, -0.05) is 30.4 Å². The molecule has 0 amide bonds. The first-order valence-electron chi connectivity index (χ1n) is 6.17. The summed E-state index contributed by atoms with van der Waals surface area (Å²) in [7, 11) is 0. The van der Waals surface area contributed by atoms with E-state index >= 15 is 0 Å². The third-order valence-electron chi connectivity index (χ3n) is 3.52. The van der Waals surface area contributed by atoms with Gasteiger partial charge in [-0.2, -0.15) is 0 Å². The molecule has 0 fully saturated rings. The van der Waals surface area contributed by atoms with Crippen molar-refractivity contribution < 1.29 is 5.11 Å². The van der Waals surface area contributed by atoms with E-state index in [1.54, 1.807) is 0 Å². The zero-order valence-corrected chi connectivity index (χ0v) is 10.6. The van der Waals surface area contributed by atoms with Crippen LogP contribution in [0.25, 0.3) is 0 Å². The van der Waals surface area contributed by atoms with Crippen molar-refractivity contribution in [2.75, 3.05) is 0 Å². The van der Waals surface area contributed by atoms with Crippen LogP contribution < -0.4 is 0 Å². The predicted molar refractivity (Wildman–Crippen MR) is 70.3 cm³/mol. The summed E-state index contributed by atoms with van der Waals surface area (Å²) in [4.78, 5) is 0. The molecule has 0 heterocycles. The summed E-state index contributed by atoms with van der Waals surface area (Å²) in [6.45, 7) is 12.3. The lowest BCUT2D eigenvalue weighted by Crippen LogP contribution is -2.17. The Labute approximate surface area is 99.6 Å². The van der Waals surface area contributed by atoms with Crippen molar-refractivity contribution in [1.29, 1.82) is 0 Å². The van der Waals surface area contributed by atoms with Crippen molar-refractivity contribution in [3.8, 4) is 0 Å². The largest absolute Gasteiger partial charge is 0.389 e. The Morgan fingerprint density at radius 2 is 2.12 bits per heavy atom. The van der Waals surface area contributed by atoms with Crippen LogP contribution in [0.5, 0.6) is 0 Å². The molecule has 0 aromatic heterocycles. The fourth-order valence-corrected chi connectivity index (χ4v) is 2.18. The average Bonchev–Trinajstić information content (AvgIpc) is 2.22. The molecule has 1 aliphatic carbocycles. The van der Waals surface area contributed by atoms with Crippen LogP contribution in [0.3, 0.4) is 0 Å². The quantitative estimate of drug-likeness (QED) is 0.662. The third kappa shape index (κ3) is 3.97. The number of hydrogen-bond donors (Lipinski definition) is 1. The van der Waals surface area contributed by atoms with Crippen molar-refractivity contribution in [2.24, 2.45) is 5.92 Å². The van der Waals surface area contributed by atoms with E-state index in [0.29, 0.717) is 5.92 Å². The van der Waals surface area contributed by atoms with Crippen LogP contribution in [0.2, 0.25) is 0 Å². The summed E-state index contributed by atoms with van der Waals surface area (Å²) < 4.78 is 0. The fraction of sp³-hybridized carbons (Fsp3) is 0.600. The lowest BCUT2D eigenvalue weighted by Gasteiger charge is -2.23. The van der Waals surface area contributed by atoms with Gasteiger partial charge in [0.15, 0.2) is 0 Å². The van der Waals surface area contributed by atoms with Gasteiger partial charge in [0.2, 0.25) is 0 Å². The molecule has 0 aromatic carbocycles. The molecule has 1 N–H and O–H groups in total. The van der Waals surface area contributed by atoms with Crippen LogP contribution in [0, 0.1) is 5.92 Å². The minimum Gasteiger partial charge on any atom is -0.389 e. The van der Waals surface area contributed by atoms with Gasteiger partial charge in [0.1, 0.15) is 0 Å². The molecular weight excluding hydrogens is 196 g/mol. The van der Waals surface area contributed by atoms with Gasteiger partial charge in [-0.15, -0.1) is 0 Å². The number of rotatable bonds is 1. The predicted octanol–water partition coefficient (Wildman–Crippen LogP) is 4.01. The van der Waals surface area contributed by atoms with Gasteiger partial charge in [-0.3, -0.25) is 0 Å². The molecule has 0 saturated heterocycles. The molecule has 1 rings (SSSR count). The highest BCUT2D eigenvalue weighted by Gasteiger charge is 2.18. The Morgan fingerprint density at radius 1 is 1.44 bits per heavy atom. The molecule has 0 spiro atoms. The van der Waals surface area contributed by atoms with Gasteiger partial charge < -0.3 is 5.11 Å². The van der Waals surface area contributed by atoms with Crippen LogP contribution in [0.15, 0.2) is 36.0 Å². The molecule has 0 saturated carbocycles. The highest BCUT2D eigenvalue weighted by molar-refractivity contribution is 5.10. The molecule has 1 aliphatic rings. The van der Waals surface area contributed by atoms with Gasteiger partial charge in [-0.25, -0.2) is 0 Å². The van der Waals surface area contributed by atoms with Crippen LogP contribution in [-0.2, 0) is 0 Å². The van der Waals surface area contributed by atoms with Gasteiger partial charge in [0.25, 0.3) is 0 Å². The van der Waals surface area contributed by atoms with Gasteiger partial charge in [-0.05, 0) is 57.4 Å². The molecule has 2 atom stereocenters. The monoisotopic (exact) mass is 220 g/mol. The molecule has 0 radical (unpaired) electrons. The molecule has 2 unspecified atom stereocenters. The molecule has 1 nitrogen and oxygen atoms in total. The number of hydrogen-bond acceptors (Lipinski definition) is 1. The van der Waals surface area contributed by atoms with E-state index in [9.17, 15) is 5.11 Å². The highest BCUT2D eigenvalue weighted by Crippen LogP contribution is 2.27. The zero-order valence-electron chi connectivity index (χ0n) is 10.6. The van der Waals surface area contributed by atoms with Crippen LogP contribution in [-0.4, -0.2) is 11.2 Å². The minimum atomic E-state index is -0.353. The van der Waals surface area contributed by atoms with Gasteiger partial charge in [0.05, 0.1) is 6.10 Å². The van der Waals surface area contributed by atoms with Crippen molar-refractivity contribution in [1.82, 2.24) is 0 Å². The van der Waals surface area contributed by atoms with Crippen molar-refractivity contribution >= 4 is 0 Å². The Kier molecular flexibility index (Phi) is 5.01. The normalized spacial score (nSPS) is 28.4. The molecule has 90 valence electrons. The zero-order chi connectivity index (χ0) is 12.1. The third-order valence-corrected chi connectivity index (χ3v) is 3.52. The lowest BCUT2D eigenvalue weighted by atomic mass is 9.85. The SMILES string of the molecule is C=C1CCC=C(C)CCC(C(=C)C)CC1O. The summed E-state index contributed by atoms with van der Waals surface area (Å²) in [5.41, 5.74) is 3.60. The summed E-state index contributed by atoms with van der Waals surface area (Å²) >= 11 is 0. The maximum atomic E-state index is 10.0. The highest BCUT2D eigenvalue weighted by atomic mass is 16.3. The first-order chi connectivity index (χ1) is 7.50. The van der Waals surface area contributed by atoms with Gasteiger partial charge in [0, 0.05) is 0 Å². The van der Waals surface area contributed by atoms with E-state index in [0.717, 1.165) is 37.7 Å². The van der Waals surface area contributed by atoms with Crippen molar-refractivity contribution in [3.63, 3.8) is 0 Å². The standard InChI is InChI=1S/C15H24O/c1-11(2)14-9-8-12(3)6-5-7-13(4)15(16)10-14/h6,14-16H,1,4-5,7-10H2,2-3H3. The lowest BCUT2D eigenvalue weighted by molar-refractivity contribution is 0.176. The van der Waals surface area contributed by atoms with E-state index in [1.165, 1.54) is 11.1 Å². The van der Waals surface area contributed by atoms with E-state index in [2.05, 4.69) is 33.1 Å². The number of allylic oxidation sites excluding steroid dienone is 3. The summed E-state index contributed by atoms with van der Waals surface area (Å²) in [6.07, 6.45) is 6.85. The van der Waals surface area contributed by atoms with E-state index in [-0.39, 0.29) is 6.10 Å². The molecule has 0 aromatic rings. The first kappa shape index (κ1) is 13.2. The Bertz CT molecular complexity index is 299. The van der Waals surface area contributed by atoms with Gasteiger partial charge >= 0.3 is 0 Å². The molecule has 0 bridgehead atoms. The Morgan fingerprint density at radius 3 is 2.75 bits per heavy atom. The molecule has 0 aliphatic heterocycles. The second-order valence-electron chi connectivity index (χ2n) is 5.08. The average molecular weight is 220 g/mol.